The minimum Gasteiger partial charge on any atom is -0.363 e. The third-order valence-electron chi connectivity index (χ3n) is 7.03. The van der Waals surface area contributed by atoms with Crippen molar-refractivity contribution < 1.29 is 0 Å². The summed E-state index contributed by atoms with van der Waals surface area (Å²) in [4.78, 5) is 2.70. The van der Waals surface area contributed by atoms with Crippen molar-refractivity contribution in [2.75, 3.05) is 11.4 Å². The maximum atomic E-state index is 6.60. The molecule has 0 unspecified atom stereocenters. The van der Waals surface area contributed by atoms with Crippen molar-refractivity contribution >= 4 is 28.9 Å². The molecule has 0 spiro atoms. The Balaban J connectivity index is 1.59. The number of hydrogen-bond acceptors (Lipinski definition) is 1. The molecule has 27 heavy (non-hydrogen) atoms. The molecule has 0 saturated heterocycles. The molecular formula is C24H21Cl2N. The standard InChI is InChI=1S/C24H21Cl2N/c25-16-9-7-14(8-10-16)23-20-6-2-5-19(20)22-12-17(26)11-21-18-4-1-3-15(18)13-27(23)24(21)22/h1-2,4-5,7-12,15,18-20,23H,3,6,13H2/t15-,18+,19-,20+,23+/m0/s1. The van der Waals surface area contributed by atoms with E-state index in [1.54, 1.807) is 0 Å². The summed E-state index contributed by atoms with van der Waals surface area (Å²) < 4.78 is 0. The van der Waals surface area contributed by atoms with Crippen molar-refractivity contribution in [1.82, 2.24) is 0 Å². The van der Waals surface area contributed by atoms with Gasteiger partial charge in [0, 0.05) is 34.1 Å². The molecule has 2 aliphatic carbocycles. The number of fused-ring (bicyclic) bond motifs is 4. The zero-order valence-electron chi connectivity index (χ0n) is 15.0. The smallest absolute Gasteiger partial charge is 0.0582 e. The van der Waals surface area contributed by atoms with Crippen LogP contribution in [0.3, 0.4) is 0 Å². The van der Waals surface area contributed by atoms with E-state index in [4.69, 9.17) is 23.2 Å². The summed E-state index contributed by atoms with van der Waals surface area (Å²) in [6.45, 7) is 1.12. The van der Waals surface area contributed by atoms with Gasteiger partial charge < -0.3 is 4.90 Å². The first-order valence-electron chi connectivity index (χ1n) is 9.89. The van der Waals surface area contributed by atoms with Gasteiger partial charge in [-0.15, -0.1) is 0 Å². The van der Waals surface area contributed by atoms with Crippen LogP contribution in [0, 0.1) is 11.8 Å². The zero-order valence-corrected chi connectivity index (χ0v) is 16.5. The van der Waals surface area contributed by atoms with Crippen molar-refractivity contribution in [1.29, 1.82) is 0 Å². The molecule has 0 aromatic heterocycles. The number of nitrogens with zero attached hydrogens (tertiary/aromatic N) is 1. The summed E-state index contributed by atoms with van der Waals surface area (Å²) in [7, 11) is 0. The van der Waals surface area contributed by atoms with Crippen molar-refractivity contribution in [3.63, 3.8) is 0 Å². The molecule has 5 atom stereocenters. The first-order valence-corrected chi connectivity index (χ1v) is 10.6. The molecule has 0 fully saturated rings. The summed E-state index contributed by atoms with van der Waals surface area (Å²) in [5.74, 6) is 2.19. The topological polar surface area (TPSA) is 3.24 Å². The Labute approximate surface area is 170 Å². The Kier molecular flexibility index (Phi) is 3.55. The average Bonchev–Trinajstić information content (AvgIpc) is 3.32. The molecule has 0 amide bonds. The summed E-state index contributed by atoms with van der Waals surface area (Å²) in [6, 6.07) is 13.4. The van der Waals surface area contributed by atoms with Crippen molar-refractivity contribution in [3.8, 4) is 0 Å². The number of rotatable bonds is 1. The third-order valence-corrected chi connectivity index (χ3v) is 7.50. The Morgan fingerprint density at radius 3 is 2.33 bits per heavy atom. The molecule has 0 bridgehead atoms. The fourth-order valence-electron chi connectivity index (χ4n) is 5.98. The van der Waals surface area contributed by atoms with Gasteiger partial charge in [-0.2, -0.15) is 0 Å². The van der Waals surface area contributed by atoms with Gasteiger partial charge in [0.2, 0.25) is 0 Å². The highest BCUT2D eigenvalue weighted by atomic mass is 35.5. The van der Waals surface area contributed by atoms with Crippen LogP contribution in [0.15, 0.2) is 60.7 Å². The molecule has 2 heterocycles. The molecule has 6 rings (SSSR count). The second-order valence-corrected chi connectivity index (χ2v) is 9.26. The lowest BCUT2D eigenvalue weighted by Crippen LogP contribution is -2.46. The van der Waals surface area contributed by atoms with Crippen LogP contribution in [0.25, 0.3) is 0 Å². The summed E-state index contributed by atoms with van der Waals surface area (Å²) in [5.41, 5.74) is 5.69. The van der Waals surface area contributed by atoms with E-state index in [2.05, 4.69) is 53.5 Å². The molecule has 0 radical (unpaired) electrons. The fourth-order valence-corrected chi connectivity index (χ4v) is 6.34. The summed E-state index contributed by atoms with van der Waals surface area (Å²) in [6.07, 6.45) is 11.8. The molecule has 2 aliphatic heterocycles. The first-order chi connectivity index (χ1) is 13.2. The van der Waals surface area contributed by atoms with E-state index in [0.717, 1.165) is 23.0 Å². The number of anilines is 1. The van der Waals surface area contributed by atoms with Gasteiger partial charge in [0.05, 0.1) is 6.04 Å². The Morgan fingerprint density at radius 2 is 1.52 bits per heavy atom. The van der Waals surface area contributed by atoms with E-state index in [1.165, 1.54) is 28.8 Å². The second kappa shape index (κ2) is 5.90. The van der Waals surface area contributed by atoms with Gasteiger partial charge in [-0.3, -0.25) is 0 Å². The molecule has 0 N–H and O–H groups in total. The molecule has 4 aliphatic rings. The molecule has 136 valence electrons. The summed E-state index contributed by atoms with van der Waals surface area (Å²) >= 11 is 12.8. The molecule has 1 nitrogen and oxygen atoms in total. The quantitative estimate of drug-likeness (QED) is 0.476. The lowest BCUT2D eigenvalue weighted by atomic mass is 9.71. The number of halogens is 2. The van der Waals surface area contributed by atoms with E-state index in [-0.39, 0.29) is 0 Å². The Hall–Kier alpha value is -1.70. The van der Waals surface area contributed by atoms with Gasteiger partial charge in [0.25, 0.3) is 0 Å². The largest absolute Gasteiger partial charge is 0.363 e. The maximum Gasteiger partial charge on any atom is 0.0582 e. The van der Waals surface area contributed by atoms with E-state index in [1.807, 2.05) is 12.1 Å². The molecule has 2 aromatic rings. The van der Waals surface area contributed by atoms with Crippen LogP contribution in [0.5, 0.6) is 0 Å². The second-order valence-electron chi connectivity index (χ2n) is 8.38. The highest BCUT2D eigenvalue weighted by molar-refractivity contribution is 6.31. The van der Waals surface area contributed by atoms with Crippen molar-refractivity contribution in [3.05, 3.63) is 87.4 Å². The molecule has 3 heteroatoms. The lowest BCUT2D eigenvalue weighted by Gasteiger charge is -2.51. The monoisotopic (exact) mass is 393 g/mol. The van der Waals surface area contributed by atoms with E-state index >= 15 is 0 Å². The Bertz CT molecular complexity index is 957. The SMILES string of the molecule is Clc1ccc([C@@H]2[C@@H]3CC=C[C@@H]3c3cc(Cl)cc4c3N2C[C@@H]2CC=C[C@@H]42)cc1. The normalized spacial score (nSPS) is 32.4. The highest BCUT2D eigenvalue weighted by Gasteiger charge is 2.47. The average molecular weight is 394 g/mol. The summed E-state index contributed by atoms with van der Waals surface area (Å²) in [5, 5.41) is 1.69. The van der Waals surface area contributed by atoms with Crippen LogP contribution in [0.1, 0.15) is 47.4 Å². The van der Waals surface area contributed by atoms with Gasteiger partial charge >= 0.3 is 0 Å². The fraction of sp³-hybridized carbons (Fsp3) is 0.333. The van der Waals surface area contributed by atoms with Gasteiger partial charge in [-0.25, -0.2) is 0 Å². The van der Waals surface area contributed by atoms with Crippen molar-refractivity contribution in [2.45, 2.75) is 30.7 Å². The molecule has 0 saturated carbocycles. The van der Waals surface area contributed by atoms with E-state index in [0.29, 0.717) is 29.7 Å². The van der Waals surface area contributed by atoms with Gasteiger partial charge in [0.1, 0.15) is 0 Å². The van der Waals surface area contributed by atoms with Crippen LogP contribution in [-0.4, -0.2) is 6.54 Å². The van der Waals surface area contributed by atoms with Crippen LogP contribution in [0.4, 0.5) is 5.69 Å². The highest BCUT2D eigenvalue weighted by Crippen LogP contribution is 2.59. The lowest BCUT2D eigenvalue weighted by molar-refractivity contribution is 0.335. The zero-order chi connectivity index (χ0) is 18.1. The van der Waals surface area contributed by atoms with E-state index in [9.17, 15) is 0 Å². The molecular weight excluding hydrogens is 373 g/mol. The third kappa shape index (κ3) is 2.31. The predicted molar refractivity (Wildman–Crippen MR) is 113 cm³/mol. The van der Waals surface area contributed by atoms with Crippen LogP contribution >= 0.6 is 23.2 Å². The minimum atomic E-state index is 0.399. The predicted octanol–water partition coefficient (Wildman–Crippen LogP) is 6.89. The Morgan fingerprint density at radius 1 is 0.815 bits per heavy atom. The van der Waals surface area contributed by atoms with Crippen LogP contribution in [-0.2, 0) is 0 Å². The van der Waals surface area contributed by atoms with Crippen molar-refractivity contribution in [2.24, 2.45) is 11.8 Å². The van der Waals surface area contributed by atoms with E-state index < -0.39 is 0 Å². The number of benzene rings is 2. The van der Waals surface area contributed by atoms with Gasteiger partial charge in [-0.1, -0.05) is 59.6 Å². The van der Waals surface area contributed by atoms with Crippen LogP contribution in [0.2, 0.25) is 10.0 Å². The van der Waals surface area contributed by atoms with Gasteiger partial charge in [-0.05, 0) is 65.6 Å². The first kappa shape index (κ1) is 16.3. The molecule has 2 aromatic carbocycles. The number of allylic oxidation sites excluding steroid dienone is 4. The number of hydrogen-bond donors (Lipinski definition) is 0. The van der Waals surface area contributed by atoms with Gasteiger partial charge in [0.15, 0.2) is 0 Å². The minimum absolute atomic E-state index is 0.399. The maximum absolute atomic E-state index is 6.60. The van der Waals surface area contributed by atoms with Crippen LogP contribution < -0.4 is 4.90 Å².